The molecule has 0 heterocycles. The standard InChI is InChI=1S/C53H103NO6/c1-7-11-15-25-34-48(35-26-16-12-8-2)43-46-58-51(55)40-31-23-19-21-29-38-50(60-53(57)42-33-45-54(5)6)39-30-22-20-24-32-41-52(56)59-47-44-49(36-27-17-13-9-3)37-28-18-14-10-4/h48-50H,7-47H2,1-6H3. The van der Waals surface area contributed by atoms with Gasteiger partial charge < -0.3 is 19.1 Å². The van der Waals surface area contributed by atoms with Crippen molar-refractivity contribution >= 4 is 17.9 Å². The Balaban J connectivity index is 4.40. The molecule has 0 N–H and O–H groups in total. The summed E-state index contributed by atoms with van der Waals surface area (Å²) in [6.45, 7) is 11.1. The van der Waals surface area contributed by atoms with Gasteiger partial charge >= 0.3 is 17.9 Å². The average molecular weight is 850 g/mol. The molecule has 0 aromatic heterocycles. The number of hydrogen-bond donors (Lipinski definition) is 0. The molecule has 0 aromatic rings. The minimum absolute atomic E-state index is 0.0222. The summed E-state index contributed by atoms with van der Waals surface area (Å²) in [5, 5.41) is 0. The van der Waals surface area contributed by atoms with Crippen molar-refractivity contribution in [2.24, 2.45) is 11.8 Å². The van der Waals surface area contributed by atoms with Gasteiger partial charge in [0.15, 0.2) is 0 Å². The van der Waals surface area contributed by atoms with Crippen LogP contribution in [0.5, 0.6) is 0 Å². The van der Waals surface area contributed by atoms with Crippen molar-refractivity contribution in [3.05, 3.63) is 0 Å². The summed E-state index contributed by atoms with van der Waals surface area (Å²) >= 11 is 0. The molecule has 0 bridgehead atoms. The van der Waals surface area contributed by atoms with E-state index in [0.717, 1.165) is 103 Å². The lowest BCUT2D eigenvalue weighted by Gasteiger charge is -2.18. The van der Waals surface area contributed by atoms with E-state index in [1.165, 1.54) is 128 Å². The van der Waals surface area contributed by atoms with Gasteiger partial charge in [-0.05, 0) is 90.3 Å². The number of carbonyl (C=O) groups is 3. The highest BCUT2D eigenvalue weighted by Gasteiger charge is 2.16. The Kier molecular flexibility index (Phi) is 44.2. The average Bonchev–Trinajstić information content (AvgIpc) is 3.22. The molecule has 0 spiro atoms. The van der Waals surface area contributed by atoms with Crippen LogP contribution in [0.2, 0.25) is 0 Å². The molecule has 0 saturated heterocycles. The van der Waals surface area contributed by atoms with Gasteiger partial charge in [0.25, 0.3) is 0 Å². The Labute approximate surface area is 373 Å². The largest absolute Gasteiger partial charge is 0.466 e. The smallest absolute Gasteiger partial charge is 0.306 e. The number of hydrogen-bond acceptors (Lipinski definition) is 7. The number of rotatable bonds is 47. The minimum Gasteiger partial charge on any atom is -0.466 e. The van der Waals surface area contributed by atoms with Crippen LogP contribution < -0.4 is 0 Å². The van der Waals surface area contributed by atoms with Crippen molar-refractivity contribution in [2.75, 3.05) is 33.9 Å². The van der Waals surface area contributed by atoms with Crippen molar-refractivity contribution < 1.29 is 28.6 Å². The number of esters is 3. The molecule has 7 heteroatoms. The zero-order valence-electron chi connectivity index (χ0n) is 41.1. The summed E-state index contributed by atoms with van der Waals surface area (Å²) < 4.78 is 17.4. The summed E-state index contributed by atoms with van der Waals surface area (Å²) in [6, 6.07) is 0. The number of unbranched alkanes of at least 4 members (excludes halogenated alkanes) is 20. The SMILES string of the molecule is CCCCCCC(CCCCCC)CCOC(=O)CCCCCCCC(CCCCCCCC(=O)OCCC(CCCCCC)CCCCCC)OC(=O)CCCN(C)C. The first-order chi connectivity index (χ1) is 29.2. The van der Waals surface area contributed by atoms with Crippen LogP contribution in [0, 0.1) is 11.8 Å². The Morgan fingerprint density at radius 1 is 0.367 bits per heavy atom. The molecule has 7 nitrogen and oxygen atoms in total. The lowest BCUT2D eigenvalue weighted by molar-refractivity contribution is -0.150. The van der Waals surface area contributed by atoms with E-state index in [9.17, 15) is 14.4 Å². The first-order valence-electron chi connectivity index (χ1n) is 26.4. The Bertz CT molecular complexity index is 856. The zero-order chi connectivity index (χ0) is 44.2. The van der Waals surface area contributed by atoms with Crippen molar-refractivity contribution in [2.45, 2.75) is 278 Å². The van der Waals surface area contributed by atoms with Gasteiger partial charge in [0, 0.05) is 19.3 Å². The van der Waals surface area contributed by atoms with Crippen LogP contribution in [0.15, 0.2) is 0 Å². The van der Waals surface area contributed by atoms with Crippen LogP contribution in [0.4, 0.5) is 0 Å². The molecule has 0 aliphatic heterocycles. The van der Waals surface area contributed by atoms with Gasteiger partial charge in [-0.3, -0.25) is 14.4 Å². The van der Waals surface area contributed by atoms with Crippen LogP contribution in [0.3, 0.4) is 0 Å². The summed E-state index contributed by atoms with van der Waals surface area (Å²) in [7, 11) is 4.07. The molecule has 0 saturated carbocycles. The summed E-state index contributed by atoms with van der Waals surface area (Å²) in [4.78, 5) is 39.7. The fourth-order valence-corrected chi connectivity index (χ4v) is 8.52. The van der Waals surface area contributed by atoms with Gasteiger partial charge in [0.1, 0.15) is 6.10 Å². The molecule has 60 heavy (non-hydrogen) atoms. The predicted octanol–water partition coefficient (Wildman–Crippen LogP) is 15.7. The second kappa shape index (κ2) is 45.4. The van der Waals surface area contributed by atoms with Crippen LogP contribution in [0.1, 0.15) is 272 Å². The van der Waals surface area contributed by atoms with Crippen LogP contribution in [0.25, 0.3) is 0 Å². The van der Waals surface area contributed by atoms with Crippen molar-refractivity contribution in [3.63, 3.8) is 0 Å². The maximum absolute atomic E-state index is 12.7. The van der Waals surface area contributed by atoms with E-state index in [4.69, 9.17) is 14.2 Å². The summed E-state index contributed by atoms with van der Waals surface area (Å²) in [5.74, 6) is 1.24. The molecule has 0 aliphatic rings. The van der Waals surface area contributed by atoms with Gasteiger partial charge in [0.05, 0.1) is 13.2 Å². The third kappa shape index (κ3) is 41.7. The minimum atomic E-state index is -0.0718. The van der Waals surface area contributed by atoms with Crippen LogP contribution in [-0.4, -0.2) is 62.8 Å². The van der Waals surface area contributed by atoms with Crippen molar-refractivity contribution in [1.82, 2.24) is 4.90 Å². The summed E-state index contributed by atoms with van der Waals surface area (Å²) in [5.41, 5.74) is 0. The summed E-state index contributed by atoms with van der Waals surface area (Å²) in [6.07, 6.45) is 42.5. The third-order valence-corrected chi connectivity index (χ3v) is 12.5. The van der Waals surface area contributed by atoms with Gasteiger partial charge in [-0.1, -0.05) is 195 Å². The van der Waals surface area contributed by atoms with Gasteiger partial charge in [-0.2, -0.15) is 0 Å². The Morgan fingerprint density at radius 3 is 1.05 bits per heavy atom. The van der Waals surface area contributed by atoms with E-state index in [1.807, 2.05) is 14.1 Å². The second-order valence-corrected chi connectivity index (χ2v) is 18.8. The first-order valence-corrected chi connectivity index (χ1v) is 26.4. The van der Waals surface area contributed by atoms with Crippen LogP contribution >= 0.6 is 0 Å². The molecule has 0 atom stereocenters. The normalized spacial score (nSPS) is 11.7. The molecule has 0 radical (unpaired) electrons. The van der Waals surface area contributed by atoms with E-state index in [-0.39, 0.29) is 24.0 Å². The van der Waals surface area contributed by atoms with E-state index >= 15 is 0 Å². The number of ether oxygens (including phenoxy) is 3. The van der Waals surface area contributed by atoms with Gasteiger partial charge in [-0.15, -0.1) is 0 Å². The highest BCUT2D eigenvalue weighted by molar-refractivity contribution is 5.70. The second-order valence-electron chi connectivity index (χ2n) is 18.8. The molecule has 0 amide bonds. The molecule has 0 fully saturated rings. The van der Waals surface area contributed by atoms with Crippen LogP contribution in [-0.2, 0) is 28.6 Å². The maximum Gasteiger partial charge on any atom is 0.306 e. The maximum atomic E-state index is 12.7. The fourth-order valence-electron chi connectivity index (χ4n) is 8.52. The van der Waals surface area contributed by atoms with Gasteiger partial charge in [0.2, 0.25) is 0 Å². The molecule has 0 aliphatic carbocycles. The molecule has 356 valence electrons. The van der Waals surface area contributed by atoms with Gasteiger partial charge in [-0.25, -0.2) is 0 Å². The molecule has 0 rings (SSSR count). The predicted molar refractivity (Wildman–Crippen MR) is 255 cm³/mol. The number of nitrogens with zero attached hydrogens (tertiary/aromatic N) is 1. The van der Waals surface area contributed by atoms with Crippen molar-refractivity contribution in [3.8, 4) is 0 Å². The zero-order valence-corrected chi connectivity index (χ0v) is 41.1. The quantitative estimate of drug-likeness (QED) is 0.0343. The molecule has 0 unspecified atom stereocenters. The number of carbonyl (C=O) groups excluding carboxylic acids is 3. The van der Waals surface area contributed by atoms with E-state index in [2.05, 4.69) is 32.6 Å². The third-order valence-electron chi connectivity index (χ3n) is 12.5. The molecular weight excluding hydrogens is 747 g/mol. The topological polar surface area (TPSA) is 82.1 Å². The first kappa shape index (κ1) is 58.4. The van der Waals surface area contributed by atoms with E-state index in [1.54, 1.807) is 0 Å². The monoisotopic (exact) mass is 850 g/mol. The highest BCUT2D eigenvalue weighted by Crippen LogP contribution is 2.24. The Hall–Kier alpha value is -1.63. The fraction of sp³-hybridized carbons (Fsp3) is 0.943. The molecule has 0 aromatic carbocycles. The van der Waals surface area contributed by atoms with E-state index in [0.29, 0.717) is 44.3 Å². The van der Waals surface area contributed by atoms with Crippen molar-refractivity contribution in [1.29, 1.82) is 0 Å². The Morgan fingerprint density at radius 2 is 0.683 bits per heavy atom. The highest BCUT2D eigenvalue weighted by atomic mass is 16.5. The molecular formula is C53H103NO6. The lowest BCUT2D eigenvalue weighted by Crippen LogP contribution is -2.20. The lowest BCUT2D eigenvalue weighted by atomic mass is 9.92. The van der Waals surface area contributed by atoms with E-state index < -0.39 is 0 Å².